The van der Waals surface area contributed by atoms with E-state index in [0.717, 1.165) is 10.2 Å². The molecule has 0 saturated heterocycles. The minimum atomic E-state index is -3.61. The van der Waals surface area contributed by atoms with E-state index in [2.05, 4.69) is 5.32 Å². The molecule has 0 heterocycles. The average Bonchev–Trinajstić information content (AvgIpc) is 3.17. The first-order valence-electron chi connectivity index (χ1n) is 8.73. The molecule has 0 aromatic heterocycles. The zero-order valence-electron chi connectivity index (χ0n) is 14.8. The Bertz CT molecular complexity index is 779. The molecule has 2 bridgehead atoms. The van der Waals surface area contributed by atoms with Gasteiger partial charge in [0, 0.05) is 20.1 Å². The average molecular weight is 385 g/mol. The number of carbonyl (C=O) groups excluding carboxylic acids is 1. The van der Waals surface area contributed by atoms with Gasteiger partial charge >= 0.3 is 0 Å². The highest BCUT2D eigenvalue weighted by Crippen LogP contribution is 2.49. The molecule has 7 heteroatoms. The third-order valence-corrected chi connectivity index (χ3v) is 7.90. The number of rotatable bonds is 5. The van der Waals surface area contributed by atoms with Crippen molar-refractivity contribution < 1.29 is 13.2 Å². The highest BCUT2D eigenvalue weighted by Gasteiger charge is 2.42. The van der Waals surface area contributed by atoms with Crippen molar-refractivity contribution >= 4 is 27.5 Å². The van der Waals surface area contributed by atoms with Crippen LogP contribution in [0.25, 0.3) is 0 Å². The first-order valence-corrected chi connectivity index (χ1v) is 10.5. The molecule has 2 saturated carbocycles. The second kappa shape index (κ2) is 6.89. The summed E-state index contributed by atoms with van der Waals surface area (Å²) >= 11 is 6.16. The number of hydrogen-bond acceptors (Lipinski definition) is 3. The maximum Gasteiger partial charge on any atom is 0.253 e. The first kappa shape index (κ1) is 18.7. The van der Waals surface area contributed by atoms with Crippen molar-refractivity contribution in [2.75, 3.05) is 14.1 Å². The molecule has 4 atom stereocenters. The molecule has 1 aromatic carbocycles. The molecule has 2 aliphatic carbocycles. The smallest absolute Gasteiger partial charge is 0.253 e. The highest BCUT2D eigenvalue weighted by molar-refractivity contribution is 7.89. The van der Waals surface area contributed by atoms with Crippen molar-refractivity contribution in [1.29, 1.82) is 0 Å². The van der Waals surface area contributed by atoms with Crippen molar-refractivity contribution in [3.63, 3.8) is 0 Å². The molecule has 0 radical (unpaired) electrons. The molecule has 25 heavy (non-hydrogen) atoms. The van der Waals surface area contributed by atoms with Gasteiger partial charge in [-0.2, -0.15) is 0 Å². The predicted molar refractivity (Wildman–Crippen MR) is 98.2 cm³/mol. The second-order valence-electron chi connectivity index (χ2n) is 7.53. The Morgan fingerprint density at radius 2 is 2.00 bits per heavy atom. The molecular formula is C18H25ClN2O3S. The van der Waals surface area contributed by atoms with Crippen molar-refractivity contribution in [2.24, 2.45) is 17.8 Å². The van der Waals surface area contributed by atoms with E-state index >= 15 is 0 Å². The molecule has 0 unspecified atom stereocenters. The molecule has 1 N–H and O–H groups in total. The zero-order valence-corrected chi connectivity index (χ0v) is 16.4. The number of fused-ring (bicyclic) bond motifs is 2. The molecule has 1 aromatic rings. The molecule has 2 aliphatic rings. The van der Waals surface area contributed by atoms with Crippen LogP contribution < -0.4 is 5.32 Å². The number of hydrogen-bond donors (Lipinski definition) is 1. The van der Waals surface area contributed by atoms with Gasteiger partial charge < -0.3 is 5.32 Å². The third kappa shape index (κ3) is 3.57. The van der Waals surface area contributed by atoms with Crippen molar-refractivity contribution in [3.05, 3.63) is 28.8 Å². The quantitative estimate of drug-likeness (QED) is 0.847. The van der Waals surface area contributed by atoms with Crippen LogP contribution in [-0.4, -0.2) is 38.8 Å². The number of halogens is 1. The molecule has 138 valence electrons. The Labute approximate surface area is 154 Å². The summed E-state index contributed by atoms with van der Waals surface area (Å²) in [7, 11) is -0.688. The number of nitrogens with one attached hydrogen (secondary N) is 1. The summed E-state index contributed by atoms with van der Waals surface area (Å²) in [6.07, 6.45) is 5.03. The van der Waals surface area contributed by atoms with Crippen LogP contribution in [0, 0.1) is 17.8 Å². The van der Waals surface area contributed by atoms with Gasteiger partial charge in [0.1, 0.15) is 0 Å². The number of carbonyl (C=O) groups is 1. The summed E-state index contributed by atoms with van der Waals surface area (Å²) in [5.41, 5.74) is 0.208. The maximum absolute atomic E-state index is 12.7. The van der Waals surface area contributed by atoms with Crippen molar-refractivity contribution in [1.82, 2.24) is 9.62 Å². The van der Waals surface area contributed by atoms with Crippen molar-refractivity contribution in [2.45, 2.75) is 43.5 Å². The monoisotopic (exact) mass is 384 g/mol. The van der Waals surface area contributed by atoms with E-state index < -0.39 is 10.0 Å². The highest BCUT2D eigenvalue weighted by atomic mass is 35.5. The number of benzene rings is 1. The molecule has 1 amide bonds. The zero-order chi connectivity index (χ0) is 18.4. The largest absolute Gasteiger partial charge is 0.349 e. The van der Waals surface area contributed by atoms with Gasteiger partial charge in [-0.3, -0.25) is 4.79 Å². The van der Waals surface area contributed by atoms with Crippen LogP contribution in [0.4, 0.5) is 0 Å². The molecule has 5 nitrogen and oxygen atoms in total. The Morgan fingerprint density at radius 1 is 1.28 bits per heavy atom. The van der Waals surface area contributed by atoms with Gasteiger partial charge in [0.25, 0.3) is 5.91 Å². The SMILES string of the molecule is C[C@H](NC(=O)c1cc(S(=O)(=O)N(C)C)ccc1Cl)[C@H]1C[C@H]2CC[C@H]1C2. The normalized spacial score (nSPS) is 26.8. The van der Waals surface area contributed by atoms with E-state index in [4.69, 9.17) is 11.6 Å². The minimum Gasteiger partial charge on any atom is -0.349 e. The Hall–Kier alpha value is -1.11. The maximum atomic E-state index is 12.7. The standard InChI is InChI=1S/C18H25ClN2O3S/c1-11(15-9-12-4-5-13(15)8-12)20-18(22)16-10-14(6-7-17(16)19)25(23,24)21(2)3/h6-7,10-13,15H,4-5,8-9H2,1-3H3,(H,20,22)/t11-,12-,13-,15+/m0/s1. The Kier molecular flexibility index (Phi) is 5.15. The van der Waals surface area contributed by atoms with Gasteiger partial charge in [0.05, 0.1) is 15.5 Å². The summed E-state index contributed by atoms with van der Waals surface area (Å²) in [5.74, 6) is 1.72. The molecule has 3 rings (SSSR count). The Morgan fingerprint density at radius 3 is 2.56 bits per heavy atom. The van der Waals surface area contributed by atoms with Crippen LogP contribution in [0.3, 0.4) is 0 Å². The lowest BCUT2D eigenvalue weighted by atomic mass is 9.84. The summed E-state index contributed by atoms with van der Waals surface area (Å²) < 4.78 is 25.7. The summed E-state index contributed by atoms with van der Waals surface area (Å²) in [6.45, 7) is 2.04. The first-order chi connectivity index (χ1) is 11.7. The van der Waals surface area contributed by atoms with E-state index in [9.17, 15) is 13.2 Å². The number of nitrogens with zero attached hydrogens (tertiary/aromatic N) is 1. The predicted octanol–water partition coefficient (Wildman–Crippen LogP) is 3.14. The Balaban J connectivity index is 1.78. The number of amides is 1. The van der Waals surface area contributed by atoms with Crippen LogP contribution in [-0.2, 0) is 10.0 Å². The van der Waals surface area contributed by atoms with E-state index in [1.807, 2.05) is 6.92 Å². The third-order valence-electron chi connectivity index (χ3n) is 5.75. The van der Waals surface area contributed by atoms with E-state index in [1.165, 1.54) is 58.0 Å². The molecule has 0 aliphatic heterocycles. The van der Waals surface area contributed by atoms with Gasteiger partial charge in [0.15, 0.2) is 0 Å². The van der Waals surface area contributed by atoms with Crippen LogP contribution in [0.15, 0.2) is 23.1 Å². The number of sulfonamides is 1. The van der Waals surface area contributed by atoms with Crippen LogP contribution in [0.5, 0.6) is 0 Å². The van der Waals surface area contributed by atoms with Gasteiger partial charge in [0.2, 0.25) is 10.0 Å². The van der Waals surface area contributed by atoms with E-state index in [-0.39, 0.29) is 27.4 Å². The fraction of sp³-hybridized carbons (Fsp3) is 0.611. The lowest BCUT2D eigenvalue weighted by molar-refractivity contribution is 0.0915. The topological polar surface area (TPSA) is 66.5 Å². The van der Waals surface area contributed by atoms with E-state index in [1.54, 1.807) is 0 Å². The molecule has 0 spiro atoms. The fourth-order valence-corrected chi connectivity index (χ4v) is 5.48. The second-order valence-corrected chi connectivity index (χ2v) is 10.1. The lowest BCUT2D eigenvalue weighted by Crippen LogP contribution is -2.40. The van der Waals surface area contributed by atoms with Crippen LogP contribution >= 0.6 is 11.6 Å². The van der Waals surface area contributed by atoms with Gasteiger partial charge in [-0.1, -0.05) is 18.0 Å². The molecule has 2 fully saturated rings. The van der Waals surface area contributed by atoms with Crippen LogP contribution in [0.2, 0.25) is 5.02 Å². The van der Waals surface area contributed by atoms with Gasteiger partial charge in [-0.25, -0.2) is 12.7 Å². The fourth-order valence-electron chi connectivity index (χ4n) is 4.35. The van der Waals surface area contributed by atoms with Gasteiger partial charge in [-0.15, -0.1) is 0 Å². The van der Waals surface area contributed by atoms with Crippen LogP contribution in [0.1, 0.15) is 43.0 Å². The minimum absolute atomic E-state index is 0.0629. The summed E-state index contributed by atoms with van der Waals surface area (Å²) in [5, 5.41) is 3.30. The molecular weight excluding hydrogens is 360 g/mol. The summed E-state index contributed by atoms with van der Waals surface area (Å²) in [6, 6.07) is 4.32. The van der Waals surface area contributed by atoms with E-state index in [0.29, 0.717) is 11.8 Å². The van der Waals surface area contributed by atoms with Gasteiger partial charge in [-0.05, 0) is 62.1 Å². The lowest BCUT2D eigenvalue weighted by Gasteiger charge is -2.28. The van der Waals surface area contributed by atoms with Crippen molar-refractivity contribution in [3.8, 4) is 0 Å². The summed E-state index contributed by atoms with van der Waals surface area (Å²) in [4.78, 5) is 12.8.